The number of phenols is 2. The molecule has 0 spiro atoms. The van der Waals surface area contributed by atoms with E-state index in [4.69, 9.17) is 0 Å². The maximum atomic E-state index is 9.58. The molecule has 0 unspecified atom stereocenters. The fourth-order valence-electron chi connectivity index (χ4n) is 1.40. The normalized spacial score (nSPS) is 9.00. The molecule has 0 amide bonds. The number of hydrogen-bond donors (Lipinski definition) is 2. The van der Waals surface area contributed by atoms with Crippen molar-refractivity contribution in [1.29, 1.82) is 0 Å². The minimum absolute atomic E-state index is 0.175. The molecular formula is C14H14O2. The lowest BCUT2D eigenvalue weighted by atomic mass is 10.0. The second-order valence-corrected chi connectivity index (χ2v) is 3.03. The predicted octanol–water partition coefficient (Wildman–Crippen LogP) is 3.57. The van der Waals surface area contributed by atoms with Crippen LogP contribution in [0, 0.1) is 0 Å². The van der Waals surface area contributed by atoms with Gasteiger partial charge in [0, 0.05) is 11.1 Å². The van der Waals surface area contributed by atoms with Crippen LogP contribution >= 0.6 is 0 Å². The summed E-state index contributed by atoms with van der Waals surface area (Å²) in [5.74, 6) is 0.350. The molecule has 0 aliphatic rings. The van der Waals surface area contributed by atoms with Crippen molar-refractivity contribution in [2.75, 3.05) is 0 Å². The lowest BCUT2D eigenvalue weighted by molar-refractivity contribution is 0.469. The van der Waals surface area contributed by atoms with Crippen LogP contribution in [0.5, 0.6) is 11.5 Å². The van der Waals surface area contributed by atoms with Gasteiger partial charge in [0.1, 0.15) is 11.5 Å². The second kappa shape index (κ2) is 5.61. The molecule has 0 saturated heterocycles. The molecule has 0 aromatic heterocycles. The van der Waals surface area contributed by atoms with Crippen molar-refractivity contribution in [3.8, 4) is 22.6 Å². The molecule has 0 aliphatic heterocycles. The summed E-state index contributed by atoms with van der Waals surface area (Å²) in [7, 11) is 0. The van der Waals surface area contributed by atoms with Crippen molar-refractivity contribution < 1.29 is 10.2 Å². The molecule has 2 N–H and O–H groups in total. The molecule has 0 atom stereocenters. The van der Waals surface area contributed by atoms with E-state index < -0.39 is 0 Å². The third kappa shape index (κ3) is 2.42. The van der Waals surface area contributed by atoms with Crippen LogP contribution in [0.15, 0.2) is 61.7 Å². The number of phenolic OH excluding ortho intramolecular Hbond substituents is 2. The third-order valence-electron chi connectivity index (χ3n) is 2.10. The van der Waals surface area contributed by atoms with Crippen molar-refractivity contribution in [3.63, 3.8) is 0 Å². The zero-order valence-corrected chi connectivity index (χ0v) is 8.93. The van der Waals surface area contributed by atoms with Gasteiger partial charge in [-0.2, -0.15) is 0 Å². The highest BCUT2D eigenvalue weighted by atomic mass is 16.3. The van der Waals surface area contributed by atoms with E-state index in [0.717, 1.165) is 0 Å². The van der Waals surface area contributed by atoms with Gasteiger partial charge < -0.3 is 10.2 Å². The smallest absolute Gasteiger partial charge is 0.123 e. The van der Waals surface area contributed by atoms with E-state index in [1.54, 1.807) is 36.4 Å². The molecular weight excluding hydrogens is 200 g/mol. The Balaban J connectivity index is 0.000000606. The van der Waals surface area contributed by atoms with E-state index in [-0.39, 0.29) is 11.5 Å². The van der Waals surface area contributed by atoms with Crippen LogP contribution in [0.4, 0.5) is 0 Å². The molecule has 82 valence electrons. The van der Waals surface area contributed by atoms with Gasteiger partial charge in [0.15, 0.2) is 0 Å². The average Bonchev–Trinajstić information content (AvgIpc) is 2.34. The molecule has 2 rings (SSSR count). The lowest BCUT2D eigenvalue weighted by Gasteiger charge is -2.05. The molecule has 0 fully saturated rings. The van der Waals surface area contributed by atoms with Crippen LogP contribution in [0.2, 0.25) is 0 Å². The Morgan fingerprint density at radius 2 is 0.938 bits per heavy atom. The molecule has 2 heteroatoms. The molecule has 0 aliphatic carbocycles. The Labute approximate surface area is 95.1 Å². The number of benzene rings is 2. The Morgan fingerprint density at radius 1 is 0.625 bits per heavy atom. The fraction of sp³-hybridized carbons (Fsp3) is 0. The number of hydrogen-bond acceptors (Lipinski definition) is 2. The van der Waals surface area contributed by atoms with Gasteiger partial charge in [-0.25, -0.2) is 0 Å². The summed E-state index contributed by atoms with van der Waals surface area (Å²) >= 11 is 0. The van der Waals surface area contributed by atoms with E-state index >= 15 is 0 Å². The molecule has 0 heterocycles. The zero-order valence-electron chi connectivity index (χ0n) is 8.93. The van der Waals surface area contributed by atoms with Crippen LogP contribution in [0.3, 0.4) is 0 Å². The average molecular weight is 214 g/mol. The van der Waals surface area contributed by atoms with Crippen molar-refractivity contribution in [2.45, 2.75) is 0 Å². The Bertz CT molecular complexity index is 420. The van der Waals surface area contributed by atoms with Gasteiger partial charge in [-0.3, -0.25) is 0 Å². The third-order valence-corrected chi connectivity index (χ3v) is 2.10. The standard InChI is InChI=1S/C12H10O2.C2H4/c13-11-7-3-1-5-9(11)10-6-2-4-8-12(10)14;1-2/h1-8,13-14H;1-2H2. The van der Waals surface area contributed by atoms with Crippen LogP contribution < -0.4 is 0 Å². The van der Waals surface area contributed by atoms with E-state index in [1.165, 1.54) is 0 Å². The maximum Gasteiger partial charge on any atom is 0.123 e. The molecule has 2 aromatic rings. The van der Waals surface area contributed by atoms with Crippen LogP contribution in [-0.2, 0) is 0 Å². The molecule has 2 aromatic carbocycles. The van der Waals surface area contributed by atoms with Crippen molar-refractivity contribution in [3.05, 3.63) is 61.7 Å². The van der Waals surface area contributed by atoms with Gasteiger partial charge >= 0.3 is 0 Å². The summed E-state index contributed by atoms with van der Waals surface area (Å²) in [4.78, 5) is 0. The fourth-order valence-corrected chi connectivity index (χ4v) is 1.40. The predicted molar refractivity (Wildman–Crippen MR) is 66.5 cm³/mol. The van der Waals surface area contributed by atoms with Crippen LogP contribution in [-0.4, -0.2) is 10.2 Å². The highest BCUT2D eigenvalue weighted by molar-refractivity contribution is 5.74. The summed E-state index contributed by atoms with van der Waals surface area (Å²) in [6.45, 7) is 6.00. The summed E-state index contributed by atoms with van der Waals surface area (Å²) in [6.07, 6.45) is 0. The Kier molecular flexibility index (Phi) is 4.16. The molecule has 16 heavy (non-hydrogen) atoms. The van der Waals surface area contributed by atoms with Crippen molar-refractivity contribution >= 4 is 0 Å². The number of para-hydroxylation sites is 2. The van der Waals surface area contributed by atoms with E-state index in [2.05, 4.69) is 13.2 Å². The topological polar surface area (TPSA) is 40.5 Å². The van der Waals surface area contributed by atoms with Gasteiger partial charge in [-0.1, -0.05) is 36.4 Å². The number of aromatic hydroxyl groups is 2. The molecule has 0 saturated carbocycles. The summed E-state index contributed by atoms with van der Waals surface area (Å²) in [6, 6.07) is 13.9. The van der Waals surface area contributed by atoms with E-state index in [9.17, 15) is 10.2 Å². The van der Waals surface area contributed by atoms with Crippen LogP contribution in [0.1, 0.15) is 0 Å². The first-order valence-corrected chi connectivity index (χ1v) is 4.85. The van der Waals surface area contributed by atoms with E-state index in [0.29, 0.717) is 11.1 Å². The first-order valence-electron chi connectivity index (χ1n) is 4.85. The Morgan fingerprint density at radius 3 is 1.25 bits per heavy atom. The largest absolute Gasteiger partial charge is 0.507 e. The molecule has 0 bridgehead atoms. The lowest BCUT2D eigenvalue weighted by Crippen LogP contribution is -1.79. The quantitative estimate of drug-likeness (QED) is 0.712. The number of rotatable bonds is 1. The minimum atomic E-state index is 0.175. The molecule has 0 radical (unpaired) electrons. The first-order chi connectivity index (χ1) is 7.79. The highest BCUT2D eigenvalue weighted by Gasteiger charge is 2.06. The van der Waals surface area contributed by atoms with Gasteiger partial charge in [-0.15, -0.1) is 13.2 Å². The van der Waals surface area contributed by atoms with E-state index in [1.807, 2.05) is 12.1 Å². The highest BCUT2D eigenvalue weighted by Crippen LogP contribution is 2.34. The monoisotopic (exact) mass is 214 g/mol. The SMILES string of the molecule is C=C.Oc1ccccc1-c1ccccc1O. The van der Waals surface area contributed by atoms with Crippen molar-refractivity contribution in [1.82, 2.24) is 0 Å². The Hall–Kier alpha value is -2.22. The minimum Gasteiger partial charge on any atom is -0.507 e. The van der Waals surface area contributed by atoms with Gasteiger partial charge in [0.05, 0.1) is 0 Å². The summed E-state index contributed by atoms with van der Waals surface area (Å²) < 4.78 is 0. The van der Waals surface area contributed by atoms with Gasteiger partial charge in [-0.05, 0) is 12.1 Å². The first kappa shape index (κ1) is 11.9. The zero-order chi connectivity index (χ0) is 12.0. The molecule has 2 nitrogen and oxygen atoms in total. The summed E-state index contributed by atoms with van der Waals surface area (Å²) in [5.41, 5.74) is 1.29. The second-order valence-electron chi connectivity index (χ2n) is 3.03. The van der Waals surface area contributed by atoms with Crippen molar-refractivity contribution in [2.24, 2.45) is 0 Å². The summed E-state index contributed by atoms with van der Waals surface area (Å²) in [5, 5.41) is 19.2. The van der Waals surface area contributed by atoms with Crippen LogP contribution in [0.25, 0.3) is 11.1 Å². The maximum absolute atomic E-state index is 9.58. The van der Waals surface area contributed by atoms with Gasteiger partial charge in [0.2, 0.25) is 0 Å². The van der Waals surface area contributed by atoms with Gasteiger partial charge in [0.25, 0.3) is 0 Å².